The van der Waals surface area contributed by atoms with Crippen molar-refractivity contribution in [2.75, 3.05) is 7.05 Å². The van der Waals surface area contributed by atoms with Gasteiger partial charge < -0.3 is 15.4 Å². The molecule has 6 aliphatic carbocycles. The summed E-state index contributed by atoms with van der Waals surface area (Å²) in [5, 5.41) is 20.6. The third-order valence-corrected chi connectivity index (χ3v) is 13.3. The summed E-state index contributed by atoms with van der Waals surface area (Å²) in [6.07, 6.45) is 12.4. The second kappa shape index (κ2) is 8.52. The van der Waals surface area contributed by atoms with Crippen LogP contribution in [-0.2, 0) is 9.59 Å². The van der Waals surface area contributed by atoms with Gasteiger partial charge in [-0.2, -0.15) is 0 Å². The van der Waals surface area contributed by atoms with Gasteiger partial charge in [-0.3, -0.25) is 4.79 Å². The van der Waals surface area contributed by atoms with E-state index in [2.05, 4.69) is 41.4 Å². The van der Waals surface area contributed by atoms with Crippen LogP contribution in [0.1, 0.15) is 92.4 Å². The molecule has 4 fully saturated rings. The predicted octanol–water partition coefficient (Wildman–Crippen LogP) is 5.42. The molecule has 0 bridgehead atoms. The molecule has 9 nitrogen and oxygen atoms in total. The number of Topliss-reactive ketones (excluding diaryl/α,β-unsaturated/α-hetero) is 1. The summed E-state index contributed by atoms with van der Waals surface area (Å²) in [6, 6.07) is 0. The summed E-state index contributed by atoms with van der Waals surface area (Å²) in [5.41, 5.74) is -0.703. The van der Waals surface area contributed by atoms with Crippen LogP contribution < -0.4 is 10.6 Å². The van der Waals surface area contributed by atoms with Gasteiger partial charge in [0, 0.05) is 29.3 Å². The van der Waals surface area contributed by atoms with Crippen molar-refractivity contribution in [1.29, 1.82) is 0 Å². The maximum atomic E-state index is 14.6. The largest absolute Gasteiger partial charge is 0.354 e. The number of carbonyl (C=O) groups is 2. The fourth-order valence-corrected chi connectivity index (χ4v) is 10.7. The third-order valence-electron chi connectivity index (χ3n) is 13.3. The Labute approximate surface area is 242 Å². The lowest BCUT2D eigenvalue weighted by Gasteiger charge is -2.69. The van der Waals surface area contributed by atoms with Crippen molar-refractivity contribution in [2.45, 2.75) is 97.9 Å². The summed E-state index contributed by atoms with van der Waals surface area (Å²) in [5.74, 6) is 0.0408. The van der Waals surface area contributed by atoms with E-state index in [1.165, 1.54) is 12.8 Å². The lowest BCUT2D eigenvalue weighted by Crippen LogP contribution is -2.70. The molecule has 0 aromatic carbocycles. The first-order valence-electron chi connectivity index (χ1n) is 15.2. The number of nitro groups is 1. The molecule has 0 heterocycles. The van der Waals surface area contributed by atoms with Gasteiger partial charge in [0.25, 0.3) is 5.96 Å². The zero-order valence-corrected chi connectivity index (χ0v) is 25.2. The molecule has 4 saturated carbocycles. The number of nitrogens with zero attached hydrogens (tertiary/aromatic N) is 3. The van der Waals surface area contributed by atoms with Crippen LogP contribution in [0, 0.1) is 61.5 Å². The number of fused-ring (bicyclic) bond motifs is 7. The quantitative estimate of drug-likeness (QED) is 0.153. The summed E-state index contributed by atoms with van der Waals surface area (Å²) in [7, 11) is 1.64. The van der Waals surface area contributed by atoms with Crippen LogP contribution in [0.25, 0.3) is 4.85 Å². The molecule has 0 radical (unpaired) electrons. The van der Waals surface area contributed by atoms with E-state index in [4.69, 9.17) is 6.57 Å². The Morgan fingerprint density at radius 3 is 2.34 bits per heavy atom. The molecule has 0 amide bonds. The zero-order chi connectivity index (χ0) is 29.8. The van der Waals surface area contributed by atoms with Gasteiger partial charge in [-0.25, -0.2) is 15.0 Å². The lowest BCUT2D eigenvalue weighted by atomic mass is 9.35. The molecule has 9 heteroatoms. The van der Waals surface area contributed by atoms with Crippen LogP contribution in [0.3, 0.4) is 0 Å². The topological polar surface area (TPSA) is 118 Å². The van der Waals surface area contributed by atoms with Crippen molar-refractivity contribution < 1.29 is 14.6 Å². The number of hydrogen-bond donors (Lipinski definition) is 2. The Balaban J connectivity index is 1.48. The fourth-order valence-electron chi connectivity index (χ4n) is 10.7. The average molecular weight is 562 g/mol. The van der Waals surface area contributed by atoms with Crippen molar-refractivity contribution in [3.8, 4) is 0 Å². The summed E-state index contributed by atoms with van der Waals surface area (Å²) >= 11 is 0. The minimum atomic E-state index is -0.681. The molecule has 0 aromatic rings. The van der Waals surface area contributed by atoms with Crippen molar-refractivity contribution in [3.63, 3.8) is 0 Å². The molecule has 7 atom stereocenters. The SMILES string of the molecule is [C-]#[N+]C1=C[C@]2(C)C3=CC(=O)[C@@H]4[C@@H]5CC6(CC6)CC[C@]5(N/C(=N/[N+](=O)[O-])NC)CC[C@@]4(C)[C@]3(C)CC[C@H]2C(C)(C)C1=O. The van der Waals surface area contributed by atoms with Crippen molar-refractivity contribution >= 4 is 17.5 Å². The first kappa shape index (κ1) is 28.1. The number of carbonyl (C=O) groups excluding carboxylic acids is 2. The molecule has 0 unspecified atom stereocenters. The number of ketones is 2. The molecule has 2 N–H and O–H groups in total. The Kier molecular flexibility index (Phi) is 5.84. The fraction of sp³-hybridized carbons (Fsp3) is 0.750. The zero-order valence-electron chi connectivity index (χ0n) is 25.2. The van der Waals surface area contributed by atoms with Gasteiger partial charge in [0.15, 0.2) is 16.6 Å². The molecule has 220 valence electrons. The highest BCUT2D eigenvalue weighted by Gasteiger charge is 2.71. The molecule has 0 aliphatic heterocycles. The van der Waals surface area contributed by atoms with Crippen LogP contribution >= 0.6 is 0 Å². The molecule has 1 spiro atoms. The monoisotopic (exact) mass is 561 g/mol. The number of rotatable bonds is 2. The number of hydrazone groups is 1. The molecule has 6 rings (SSSR count). The van der Waals surface area contributed by atoms with Gasteiger partial charge >= 0.3 is 0 Å². The predicted molar refractivity (Wildman–Crippen MR) is 155 cm³/mol. The summed E-state index contributed by atoms with van der Waals surface area (Å²) < 4.78 is 0. The van der Waals surface area contributed by atoms with Crippen LogP contribution in [0.2, 0.25) is 0 Å². The van der Waals surface area contributed by atoms with E-state index in [1.807, 2.05) is 26.0 Å². The highest BCUT2D eigenvalue weighted by molar-refractivity contribution is 6.03. The summed E-state index contributed by atoms with van der Waals surface area (Å²) in [6.45, 7) is 18.5. The van der Waals surface area contributed by atoms with Crippen LogP contribution in [0.5, 0.6) is 0 Å². The molecule has 41 heavy (non-hydrogen) atoms. The highest BCUT2D eigenvalue weighted by Crippen LogP contribution is 2.74. The van der Waals surface area contributed by atoms with E-state index in [0.29, 0.717) is 0 Å². The Hall–Kier alpha value is -3.02. The number of nitrogens with one attached hydrogen (secondary N) is 2. The summed E-state index contributed by atoms with van der Waals surface area (Å²) in [4.78, 5) is 42.8. The number of guanidine groups is 1. The maximum Gasteiger partial charge on any atom is 0.268 e. The van der Waals surface area contributed by atoms with Gasteiger partial charge in [-0.05, 0) is 91.9 Å². The van der Waals surface area contributed by atoms with E-state index in [1.54, 1.807) is 7.05 Å². The number of allylic oxidation sites excluding steroid dienone is 4. The Morgan fingerprint density at radius 1 is 1.07 bits per heavy atom. The van der Waals surface area contributed by atoms with E-state index in [9.17, 15) is 19.7 Å². The lowest BCUT2D eigenvalue weighted by molar-refractivity contribution is -0.485. The van der Waals surface area contributed by atoms with Gasteiger partial charge in [0.1, 0.15) is 5.10 Å². The standard InChI is InChI=1S/C32H43N5O4/c1-27(2)22-8-9-29(4)23(28(22,3)18-20(33-6)25(27)39)16-21(38)24-19-17-31(11-12-31)13-15-32(19,14-10-30(24,29)5)35-26(34-7)36-37(40)41/h16,18-19,22,24H,8-15,17H2,1-5,7H3,(H2,34,35,36)/t19-,22-,24-,28-,29+,30+,32+/m0/s1. The molecule has 0 aromatic heterocycles. The normalized spacial score (nSPS) is 43.7. The van der Waals surface area contributed by atoms with Crippen molar-refractivity contribution in [2.24, 2.45) is 49.9 Å². The maximum absolute atomic E-state index is 14.6. The average Bonchev–Trinajstić information content (AvgIpc) is 3.66. The van der Waals surface area contributed by atoms with Crippen molar-refractivity contribution in [3.05, 3.63) is 45.0 Å². The first-order valence-corrected chi connectivity index (χ1v) is 15.2. The van der Waals surface area contributed by atoms with Crippen LogP contribution in [-0.4, -0.2) is 35.1 Å². The highest BCUT2D eigenvalue weighted by atomic mass is 16.7. The van der Waals surface area contributed by atoms with E-state index < -0.39 is 21.4 Å². The molecular weight excluding hydrogens is 518 g/mol. The smallest absolute Gasteiger partial charge is 0.268 e. The Morgan fingerprint density at radius 2 is 1.73 bits per heavy atom. The molecular formula is C32H43N5O4. The minimum absolute atomic E-state index is 0.0190. The Bertz CT molecular complexity index is 1380. The second-order valence-corrected chi connectivity index (χ2v) is 15.3. The van der Waals surface area contributed by atoms with E-state index in [0.717, 1.165) is 50.5 Å². The first-order chi connectivity index (χ1) is 19.1. The second-order valence-electron chi connectivity index (χ2n) is 15.3. The van der Waals surface area contributed by atoms with Gasteiger partial charge in [-0.1, -0.05) is 46.3 Å². The van der Waals surface area contributed by atoms with Crippen LogP contribution in [0.4, 0.5) is 0 Å². The van der Waals surface area contributed by atoms with Crippen molar-refractivity contribution in [1.82, 2.24) is 10.6 Å². The van der Waals surface area contributed by atoms with Crippen LogP contribution in [0.15, 0.2) is 28.5 Å². The van der Waals surface area contributed by atoms with Gasteiger partial charge in [-0.15, -0.1) is 0 Å². The van der Waals surface area contributed by atoms with E-state index >= 15 is 0 Å². The minimum Gasteiger partial charge on any atom is -0.354 e. The van der Waals surface area contributed by atoms with Gasteiger partial charge in [0.2, 0.25) is 5.70 Å². The molecule has 0 saturated heterocycles. The third kappa shape index (κ3) is 3.61. The van der Waals surface area contributed by atoms with Gasteiger partial charge in [0.05, 0.1) is 6.57 Å². The number of hydrogen-bond acceptors (Lipinski definition) is 4. The van der Waals surface area contributed by atoms with E-state index in [-0.39, 0.29) is 57.2 Å². The molecule has 6 aliphatic rings.